The van der Waals surface area contributed by atoms with Crippen LogP contribution in [0.5, 0.6) is 0 Å². The molecule has 6 heteroatoms. The number of amides is 1. The standard InChI is InChI=1S/C21H27N3O2S/c1-23(2)20(25)17(11-18-14-27-15-22-18)12-24-9-7-21(8-10-24)19-6-4-3-5-16(19)13-26-21/h3-6,14-15,17H,7-13H2,1-2H3. The molecule has 0 saturated carbocycles. The first-order valence-electron chi connectivity index (χ1n) is 9.60. The molecule has 2 aliphatic rings. The fourth-order valence-electron chi connectivity index (χ4n) is 4.39. The lowest BCUT2D eigenvalue weighted by atomic mass is 9.83. The normalized spacial score (nSPS) is 19.8. The monoisotopic (exact) mass is 385 g/mol. The molecule has 1 aromatic carbocycles. The molecule has 144 valence electrons. The van der Waals surface area contributed by atoms with Gasteiger partial charge in [0, 0.05) is 45.5 Å². The van der Waals surface area contributed by atoms with Crippen LogP contribution in [0.1, 0.15) is 29.7 Å². The van der Waals surface area contributed by atoms with E-state index in [4.69, 9.17) is 4.74 Å². The van der Waals surface area contributed by atoms with Gasteiger partial charge in [0.1, 0.15) is 0 Å². The van der Waals surface area contributed by atoms with Crippen LogP contribution in [0.2, 0.25) is 0 Å². The number of thiazole rings is 1. The maximum atomic E-state index is 12.7. The van der Waals surface area contributed by atoms with Crippen LogP contribution < -0.4 is 0 Å². The Labute approximate surface area is 165 Å². The molecule has 1 amide bonds. The lowest BCUT2D eigenvalue weighted by molar-refractivity contribution is -0.134. The van der Waals surface area contributed by atoms with Crippen molar-refractivity contribution in [2.75, 3.05) is 33.7 Å². The van der Waals surface area contributed by atoms with Crippen LogP contribution in [0, 0.1) is 5.92 Å². The highest BCUT2D eigenvalue weighted by Gasteiger charge is 2.42. The summed E-state index contributed by atoms with van der Waals surface area (Å²) in [7, 11) is 3.68. The Morgan fingerprint density at radius 1 is 1.33 bits per heavy atom. The fourth-order valence-corrected chi connectivity index (χ4v) is 4.96. The second-order valence-electron chi connectivity index (χ2n) is 7.85. The number of rotatable bonds is 5. The summed E-state index contributed by atoms with van der Waals surface area (Å²) < 4.78 is 6.27. The van der Waals surface area contributed by atoms with Gasteiger partial charge in [0.25, 0.3) is 0 Å². The van der Waals surface area contributed by atoms with Gasteiger partial charge in [-0.3, -0.25) is 4.79 Å². The van der Waals surface area contributed by atoms with Crippen LogP contribution in [-0.2, 0) is 28.2 Å². The first-order chi connectivity index (χ1) is 13.1. The summed E-state index contributed by atoms with van der Waals surface area (Å²) in [4.78, 5) is 21.2. The van der Waals surface area contributed by atoms with Crippen LogP contribution in [0.4, 0.5) is 0 Å². The number of benzene rings is 1. The van der Waals surface area contributed by atoms with Gasteiger partial charge in [-0.2, -0.15) is 0 Å². The molecule has 2 aliphatic heterocycles. The van der Waals surface area contributed by atoms with E-state index in [9.17, 15) is 4.79 Å². The number of hydrogen-bond acceptors (Lipinski definition) is 5. The summed E-state index contributed by atoms with van der Waals surface area (Å²) in [6.45, 7) is 3.43. The Bertz CT molecular complexity index is 782. The zero-order valence-corrected chi connectivity index (χ0v) is 16.9. The van der Waals surface area contributed by atoms with Crippen LogP contribution in [0.3, 0.4) is 0 Å². The van der Waals surface area contributed by atoms with Gasteiger partial charge in [0.2, 0.25) is 5.91 Å². The highest BCUT2D eigenvalue weighted by Crippen LogP contribution is 2.44. The molecule has 0 aliphatic carbocycles. The van der Waals surface area contributed by atoms with Gasteiger partial charge in [-0.1, -0.05) is 24.3 Å². The van der Waals surface area contributed by atoms with Crippen molar-refractivity contribution in [2.24, 2.45) is 5.92 Å². The molecule has 1 fully saturated rings. The van der Waals surface area contributed by atoms with Crippen molar-refractivity contribution in [3.8, 4) is 0 Å². The zero-order chi connectivity index (χ0) is 18.9. The minimum Gasteiger partial charge on any atom is -0.365 e. The molecule has 5 nitrogen and oxygen atoms in total. The third-order valence-corrected chi connectivity index (χ3v) is 6.52. The van der Waals surface area contributed by atoms with Crippen LogP contribution >= 0.6 is 11.3 Å². The molecule has 0 N–H and O–H groups in total. The molecule has 0 bridgehead atoms. The molecule has 0 radical (unpaired) electrons. The van der Waals surface area contributed by atoms with E-state index in [1.807, 2.05) is 25.0 Å². The Kier molecular flexibility index (Phi) is 5.30. The first-order valence-corrected chi connectivity index (χ1v) is 10.5. The van der Waals surface area contributed by atoms with E-state index in [0.29, 0.717) is 6.42 Å². The largest absolute Gasteiger partial charge is 0.365 e. The molecule has 2 aromatic rings. The number of ether oxygens (including phenoxy) is 1. The molecule has 3 heterocycles. The first kappa shape index (κ1) is 18.6. The maximum absolute atomic E-state index is 12.7. The smallest absolute Gasteiger partial charge is 0.226 e. The molecule has 1 saturated heterocycles. The number of fused-ring (bicyclic) bond motifs is 2. The number of hydrogen-bond donors (Lipinski definition) is 0. The van der Waals surface area contributed by atoms with Gasteiger partial charge >= 0.3 is 0 Å². The SMILES string of the molecule is CN(C)C(=O)C(Cc1cscn1)CN1CCC2(CC1)OCc1ccccc12. The Morgan fingerprint density at radius 2 is 2.11 bits per heavy atom. The summed E-state index contributed by atoms with van der Waals surface area (Å²) in [6.07, 6.45) is 2.69. The average molecular weight is 386 g/mol. The molecule has 1 aromatic heterocycles. The van der Waals surface area contributed by atoms with Crippen molar-refractivity contribution < 1.29 is 9.53 Å². The van der Waals surface area contributed by atoms with Crippen LogP contribution in [-0.4, -0.2) is 54.4 Å². The quantitative estimate of drug-likeness (QED) is 0.794. The Hall–Kier alpha value is -1.76. The zero-order valence-electron chi connectivity index (χ0n) is 16.1. The van der Waals surface area contributed by atoms with Gasteiger partial charge in [-0.25, -0.2) is 4.98 Å². The molecule has 4 rings (SSSR count). The van der Waals surface area contributed by atoms with Crippen molar-refractivity contribution in [1.29, 1.82) is 0 Å². The molecular weight excluding hydrogens is 358 g/mol. The lowest BCUT2D eigenvalue weighted by Crippen LogP contribution is -2.46. The van der Waals surface area contributed by atoms with Crippen molar-refractivity contribution >= 4 is 17.2 Å². The van der Waals surface area contributed by atoms with E-state index in [1.165, 1.54) is 11.1 Å². The van der Waals surface area contributed by atoms with Crippen LogP contribution in [0.25, 0.3) is 0 Å². The minimum absolute atomic E-state index is 0.0482. The number of nitrogens with zero attached hydrogens (tertiary/aromatic N) is 3. The maximum Gasteiger partial charge on any atom is 0.226 e. The predicted octanol–water partition coefficient (Wildman–Crippen LogP) is 2.91. The van der Waals surface area contributed by atoms with Gasteiger partial charge in [-0.15, -0.1) is 11.3 Å². The molecule has 1 atom stereocenters. The molecule has 1 spiro atoms. The number of likely N-dealkylation sites (tertiary alicyclic amines) is 1. The number of carbonyl (C=O) groups excluding carboxylic acids is 1. The number of carbonyl (C=O) groups is 1. The molecule has 27 heavy (non-hydrogen) atoms. The highest BCUT2D eigenvalue weighted by atomic mass is 32.1. The van der Waals surface area contributed by atoms with Crippen molar-refractivity contribution in [1.82, 2.24) is 14.8 Å². The van der Waals surface area contributed by atoms with E-state index in [0.717, 1.165) is 44.8 Å². The van der Waals surface area contributed by atoms with E-state index < -0.39 is 0 Å². The van der Waals surface area contributed by atoms with Crippen LogP contribution in [0.15, 0.2) is 35.2 Å². The number of aromatic nitrogens is 1. The average Bonchev–Trinajstić information content (AvgIpc) is 3.31. The lowest BCUT2D eigenvalue weighted by Gasteiger charge is -2.40. The third kappa shape index (κ3) is 3.79. The summed E-state index contributed by atoms with van der Waals surface area (Å²) in [5.41, 5.74) is 5.43. The van der Waals surface area contributed by atoms with Gasteiger partial charge in [0.15, 0.2) is 0 Å². The summed E-state index contributed by atoms with van der Waals surface area (Å²) in [6, 6.07) is 8.60. The Balaban J connectivity index is 1.42. The third-order valence-electron chi connectivity index (χ3n) is 5.88. The molecule has 1 unspecified atom stereocenters. The fraction of sp³-hybridized carbons (Fsp3) is 0.524. The van der Waals surface area contributed by atoms with E-state index in [2.05, 4.69) is 34.1 Å². The van der Waals surface area contributed by atoms with Crippen molar-refractivity contribution in [2.45, 2.75) is 31.5 Å². The topological polar surface area (TPSA) is 45.7 Å². The summed E-state index contributed by atoms with van der Waals surface area (Å²) in [5.74, 6) is 0.138. The van der Waals surface area contributed by atoms with Gasteiger partial charge in [-0.05, 0) is 24.0 Å². The van der Waals surface area contributed by atoms with E-state index in [1.54, 1.807) is 16.2 Å². The number of piperidine rings is 1. The summed E-state index contributed by atoms with van der Waals surface area (Å²) >= 11 is 1.59. The second kappa shape index (κ2) is 7.70. The Morgan fingerprint density at radius 3 is 2.81 bits per heavy atom. The second-order valence-corrected chi connectivity index (χ2v) is 8.57. The highest BCUT2D eigenvalue weighted by molar-refractivity contribution is 7.07. The van der Waals surface area contributed by atoms with Gasteiger partial charge in [0.05, 0.1) is 29.3 Å². The summed E-state index contributed by atoms with van der Waals surface area (Å²) in [5, 5.41) is 2.05. The molecular formula is C21H27N3O2S. The van der Waals surface area contributed by atoms with Crippen molar-refractivity contribution in [3.05, 3.63) is 52.0 Å². The van der Waals surface area contributed by atoms with E-state index in [-0.39, 0.29) is 17.4 Å². The minimum atomic E-state index is -0.122. The predicted molar refractivity (Wildman–Crippen MR) is 107 cm³/mol. The van der Waals surface area contributed by atoms with Gasteiger partial charge < -0.3 is 14.5 Å². The van der Waals surface area contributed by atoms with Crippen molar-refractivity contribution in [3.63, 3.8) is 0 Å². The van der Waals surface area contributed by atoms with E-state index >= 15 is 0 Å².